The first kappa shape index (κ1) is 12.3. The molecule has 3 nitrogen and oxygen atoms in total. The van der Waals surface area contributed by atoms with Crippen molar-refractivity contribution in [2.75, 3.05) is 0 Å². The van der Waals surface area contributed by atoms with Gasteiger partial charge < -0.3 is 4.57 Å². The van der Waals surface area contributed by atoms with Gasteiger partial charge in [-0.15, -0.1) is 11.3 Å². The van der Waals surface area contributed by atoms with E-state index >= 15 is 0 Å². The van der Waals surface area contributed by atoms with Crippen LogP contribution in [0.15, 0.2) is 59.4 Å². The number of fused-ring (bicyclic) bond motifs is 2. The Bertz CT molecular complexity index is 997. The first-order valence-corrected chi connectivity index (χ1v) is 7.50. The average Bonchev–Trinajstić information content (AvgIpc) is 2.94. The Kier molecular flexibility index (Phi) is 2.65. The summed E-state index contributed by atoms with van der Waals surface area (Å²) in [4.78, 5) is 16.9. The van der Waals surface area contributed by atoms with E-state index < -0.39 is 0 Å². The smallest absolute Gasteiger partial charge is 0.251 e. The zero-order valence-electron chi connectivity index (χ0n) is 11.4. The van der Waals surface area contributed by atoms with Gasteiger partial charge in [0.25, 0.3) is 5.56 Å². The third kappa shape index (κ3) is 1.87. The topological polar surface area (TPSA) is 34.9 Å². The highest BCUT2D eigenvalue weighted by Crippen LogP contribution is 2.33. The maximum Gasteiger partial charge on any atom is 0.251 e. The molecule has 0 amide bonds. The highest BCUT2D eigenvalue weighted by molar-refractivity contribution is 7.21. The van der Waals surface area contributed by atoms with Crippen LogP contribution in [0.5, 0.6) is 0 Å². The first-order chi connectivity index (χ1) is 10.2. The summed E-state index contributed by atoms with van der Waals surface area (Å²) >= 11 is 1.62. The van der Waals surface area contributed by atoms with E-state index in [-0.39, 0.29) is 5.56 Å². The van der Waals surface area contributed by atoms with Gasteiger partial charge in [-0.25, -0.2) is 4.98 Å². The van der Waals surface area contributed by atoms with Crippen molar-refractivity contribution >= 4 is 32.5 Å². The largest absolute Gasteiger partial charge is 0.311 e. The van der Waals surface area contributed by atoms with Gasteiger partial charge in [-0.2, -0.15) is 0 Å². The molecule has 0 aliphatic rings. The monoisotopic (exact) mass is 292 g/mol. The van der Waals surface area contributed by atoms with E-state index in [1.165, 1.54) is 0 Å². The highest BCUT2D eigenvalue weighted by Gasteiger charge is 2.12. The van der Waals surface area contributed by atoms with Gasteiger partial charge in [-0.1, -0.05) is 30.3 Å². The molecule has 0 unspecified atom stereocenters. The lowest BCUT2D eigenvalue weighted by molar-refractivity contribution is 0.907. The lowest BCUT2D eigenvalue weighted by Gasteiger charge is -2.07. The summed E-state index contributed by atoms with van der Waals surface area (Å²) in [6.45, 7) is 0. The summed E-state index contributed by atoms with van der Waals surface area (Å²) in [5, 5.41) is 1.95. The Labute approximate surface area is 125 Å². The van der Waals surface area contributed by atoms with E-state index in [2.05, 4.69) is 11.1 Å². The fourth-order valence-corrected chi connectivity index (χ4v) is 3.57. The van der Waals surface area contributed by atoms with Crippen molar-refractivity contribution in [3.63, 3.8) is 0 Å². The molecule has 0 aliphatic carbocycles. The molecule has 0 bridgehead atoms. The van der Waals surface area contributed by atoms with E-state index in [0.717, 1.165) is 31.7 Å². The van der Waals surface area contributed by atoms with Crippen LogP contribution in [0, 0.1) is 0 Å². The molecule has 0 atom stereocenters. The molecule has 2 aromatic carbocycles. The SMILES string of the molecule is Cn1c(=O)cc(-c2nc3ccccc3s2)c2ccccc21. The molecule has 0 spiro atoms. The van der Waals surface area contributed by atoms with Gasteiger partial charge >= 0.3 is 0 Å². The van der Waals surface area contributed by atoms with Crippen LogP contribution in [-0.2, 0) is 7.05 Å². The summed E-state index contributed by atoms with van der Waals surface area (Å²) in [6, 6.07) is 17.7. The zero-order valence-corrected chi connectivity index (χ0v) is 12.2. The first-order valence-electron chi connectivity index (χ1n) is 6.69. The van der Waals surface area contributed by atoms with E-state index in [0.29, 0.717) is 0 Å². The molecule has 4 rings (SSSR count). The number of aromatic nitrogens is 2. The molecule has 102 valence electrons. The molecule has 0 fully saturated rings. The Balaban J connectivity index is 2.10. The summed E-state index contributed by atoms with van der Waals surface area (Å²) in [5.74, 6) is 0. The number of rotatable bonds is 1. The number of aryl methyl sites for hydroxylation is 1. The lowest BCUT2D eigenvalue weighted by Crippen LogP contribution is -2.16. The van der Waals surface area contributed by atoms with Crippen molar-refractivity contribution in [3.8, 4) is 10.6 Å². The van der Waals surface area contributed by atoms with Crippen LogP contribution in [-0.4, -0.2) is 9.55 Å². The Hall–Kier alpha value is -2.46. The minimum absolute atomic E-state index is 0.0112. The highest BCUT2D eigenvalue weighted by atomic mass is 32.1. The number of para-hydroxylation sites is 2. The van der Waals surface area contributed by atoms with E-state index in [4.69, 9.17) is 0 Å². The van der Waals surface area contributed by atoms with Crippen molar-refractivity contribution in [1.82, 2.24) is 9.55 Å². The van der Waals surface area contributed by atoms with Crippen LogP contribution >= 0.6 is 11.3 Å². The molecule has 4 aromatic rings. The predicted molar refractivity (Wildman–Crippen MR) is 87.8 cm³/mol. The van der Waals surface area contributed by atoms with Crippen LogP contribution < -0.4 is 5.56 Å². The maximum absolute atomic E-state index is 12.2. The van der Waals surface area contributed by atoms with Crippen molar-refractivity contribution < 1.29 is 0 Å². The van der Waals surface area contributed by atoms with Crippen LogP contribution in [0.2, 0.25) is 0 Å². The van der Waals surface area contributed by atoms with Crippen molar-refractivity contribution in [2.45, 2.75) is 0 Å². The van der Waals surface area contributed by atoms with Crippen LogP contribution in [0.4, 0.5) is 0 Å². The quantitative estimate of drug-likeness (QED) is 0.534. The van der Waals surface area contributed by atoms with Gasteiger partial charge in [0.15, 0.2) is 0 Å². The molecular weight excluding hydrogens is 280 g/mol. The third-order valence-electron chi connectivity index (χ3n) is 3.68. The summed E-state index contributed by atoms with van der Waals surface area (Å²) in [7, 11) is 1.80. The Morgan fingerprint density at radius 3 is 2.67 bits per heavy atom. The molecule has 0 saturated heterocycles. The average molecular weight is 292 g/mol. The van der Waals surface area contributed by atoms with Gasteiger partial charge in [0, 0.05) is 24.1 Å². The Morgan fingerprint density at radius 1 is 1.05 bits per heavy atom. The molecule has 0 N–H and O–H groups in total. The second-order valence-corrected chi connectivity index (χ2v) is 5.99. The minimum Gasteiger partial charge on any atom is -0.311 e. The fraction of sp³-hybridized carbons (Fsp3) is 0.0588. The fourth-order valence-electron chi connectivity index (χ4n) is 2.58. The molecule has 21 heavy (non-hydrogen) atoms. The van der Waals surface area contributed by atoms with Crippen LogP contribution in [0.1, 0.15) is 0 Å². The van der Waals surface area contributed by atoms with Crippen molar-refractivity contribution in [2.24, 2.45) is 7.05 Å². The zero-order chi connectivity index (χ0) is 14.4. The second-order valence-electron chi connectivity index (χ2n) is 4.96. The number of hydrogen-bond acceptors (Lipinski definition) is 3. The number of hydrogen-bond donors (Lipinski definition) is 0. The predicted octanol–water partition coefficient (Wildman–Crippen LogP) is 3.82. The van der Waals surface area contributed by atoms with Crippen LogP contribution in [0.25, 0.3) is 31.7 Å². The molecule has 2 aromatic heterocycles. The second kappa shape index (κ2) is 4.53. The van der Waals surface area contributed by atoms with Crippen molar-refractivity contribution in [3.05, 3.63) is 65.0 Å². The van der Waals surface area contributed by atoms with Gasteiger partial charge in [0.2, 0.25) is 0 Å². The van der Waals surface area contributed by atoms with E-state index in [1.54, 1.807) is 29.0 Å². The summed E-state index contributed by atoms with van der Waals surface area (Å²) < 4.78 is 2.81. The summed E-state index contributed by atoms with van der Waals surface area (Å²) in [5.41, 5.74) is 2.80. The number of nitrogens with zero attached hydrogens (tertiary/aromatic N) is 2. The number of benzene rings is 2. The molecular formula is C17H12N2OS. The molecule has 0 saturated carbocycles. The van der Waals surface area contributed by atoms with E-state index in [9.17, 15) is 4.79 Å². The maximum atomic E-state index is 12.2. The van der Waals surface area contributed by atoms with Gasteiger partial charge in [0.1, 0.15) is 5.01 Å². The number of thiazole rings is 1. The van der Waals surface area contributed by atoms with Gasteiger partial charge in [0.05, 0.1) is 15.7 Å². The minimum atomic E-state index is -0.0112. The Morgan fingerprint density at radius 2 is 1.81 bits per heavy atom. The number of pyridine rings is 1. The lowest BCUT2D eigenvalue weighted by atomic mass is 10.1. The van der Waals surface area contributed by atoms with Crippen molar-refractivity contribution in [1.29, 1.82) is 0 Å². The van der Waals surface area contributed by atoms with E-state index in [1.807, 2.05) is 42.5 Å². The molecule has 2 heterocycles. The molecule has 4 heteroatoms. The normalized spacial score (nSPS) is 11.3. The van der Waals surface area contributed by atoms with Gasteiger partial charge in [-0.3, -0.25) is 4.79 Å². The summed E-state index contributed by atoms with van der Waals surface area (Å²) in [6.07, 6.45) is 0. The molecule has 0 radical (unpaired) electrons. The standard InChI is InChI=1S/C17H12N2OS/c1-19-14-8-4-2-6-11(14)12(10-16(19)20)17-18-13-7-3-5-9-15(13)21-17/h2-10H,1H3. The van der Waals surface area contributed by atoms with Gasteiger partial charge in [-0.05, 0) is 18.2 Å². The van der Waals surface area contributed by atoms with Crippen LogP contribution in [0.3, 0.4) is 0 Å². The third-order valence-corrected chi connectivity index (χ3v) is 4.75. The molecule has 0 aliphatic heterocycles.